The van der Waals surface area contributed by atoms with Crippen LogP contribution in [0.5, 0.6) is 0 Å². The van der Waals surface area contributed by atoms with Gasteiger partial charge in [0, 0.05) is 5.39 Å². The Bertz CT molecular complexity index is 1720. The number of methoxy groups -OCH3 is 1. The molecule has 0 saturated heterocycles. The topological polar surface area (TPSA) is 99.9 Å². The second kappa shape index (κ2) is 10.5. The van der Waals surface area contributed by atoms with Crippen LogP contribution in [0.25, 0.3) is 31.7 Å². The number of pyridine rings is 1. The van der Waals surface area contributed by atoms with Gasteiger partial charge >= 0.3 is 11.9 Å². The molecule has 0 fully saturated rings. The van der Waals surface area contributed by atoms with Gasteiger partial charge in [-0.25, -0.2) is 9.78 Å². The zero-order valence-electron chi connectivity index (χ0n) is 20.0. The van der Waals surface area contributed by atoms with Crippen molar-refractivity contribution in [3.05, 3.63) is 82.0 Å². The van der Waals surface area contributed by atoms with Crippen molar-refractivity contribution in [2.24, 2.45) is 4.99 Å². The number of nitrogens with zero attached hydrogens (tertiary/aromatic N) is 3. The maximum absolute atomic E-state index is 13.6. The molecule has 186 valence electrons. The second-order valence-electron chi connectivity index (χ2n) is 7.92. The van der Waals surface area contributed by atoms with E-state index in [0.717, 1.165) is 4.88 Å². The number of rotatable bonds is 6. The van der Waals surface area contributed by atoms with Crippen molar-refractivity contribution in [1.82, 2.24) is 9.55 Å². The van der Waals surface area contributed by atoms with E-state index < -0.39 is 17.8 Å². The standard InChI is InChI=1S/C27H21N3O5S2/c1-3-35-24(31)15-30-21-11-10-16(26(33)34-2)13-23(21)37-27(30)29-25(32)18-14-20(22-9-6-12-36-22)28-19-8-5-4-7-17(18)19/h4-14H,3,15H2,1-2H3. The minimum atomic E-state index is -0.480. The highest BCUT2D eigenvalue weighted by Gasteiger charge is 2.17. The Labute approximate surface area is 219 Å². The van der Waals surface area contributed by atoms with Gasteiger partial charge < -0.3 is 14.0 Å². The van der Waals surface area contributed by atoms with E-state index in [9.17, 15) is 14.4 Å². The van der Waals surface area contributed by atoms with Crippen LogP contribution in [0.3, 0.4) is 0 Å². The first-order valence-corrected chi connectivity index (χ1v) is 13.1. The molecule has 0 spiro atoms. The lowest BCUT2D eigenvalue weighted by Crippen LogP contribution is -2.23. The van der Waals surface area contributed by atoms with Gasteiger partial charge in [0.2, 0.25) is 0 Å². The van der Waals surface area contributed by atoms with Gasteiger partial charge in [0.1, 0.15) is 6.54 Å². The zero-order chi connectivity index (χ0) is 25.9. The molecule has 3 heterocycles. The first kappa shape index (κ1) is 24.5. The van der Waals surface area contributed by atoms with E-state index in [1.165, 1.54) is 29.8 Å². The van der Waals surface area contributed by atoms with Gasteiger partial charge in [-0.3, -0.25) is 9.59 Å². The van der Waals surface area contributed by atoms with Gasteiger partial charge in [0.25, 0.3) is 5.91 Å². The Hall–Kier alpha value is -4.15. The van der Waals surface area contributed by atoms with Crippen molar-refractivity contribution in [3.63, 3.8) is 0 Å². The average molecular weight is 532 g/mol. The molecular weight excluding hydrogens is 510 g/mol. The van der Waals surface area contributed by atoms with E-state index in [1.807, 2.05) is 41.8 Å². The van der Waals surface area contributed by atoms with Crippen LogP contribution in [-0.2, 0) is 20.8 Å². The Morgan fingerprint density at radius 1 is 1.05 bits per heavy atom. The first-order chi connectivity index (χ1) is 18.0. The lowest BCUT2D eigenvalue weighted by molar-refractivity contribution is -0.143. The second-order valence-corrected chi connectivity index (χ2v) is 9.87. The van der Waals surface area contributed by atoms with Crippen LogP contribution in [0, 0.1) is 0 Å². The number of thiophene rings is 1. The summed E-state index contributed by atoms with van der Waals surface area (Å²) in [5.74, 6) is -1.40. The van der Waals surface area contributed by atoms with Crippen molar-refractivity contribution in [3.8, 4) is 10.6 Å². The molecule has 5 aromatic rings. The van der Waals surface area contributed by atoms with Crippen LogP contribution in [0.4, 0.5) is 0 Å². The van der Waals surface area contributed by atoms with Gasteiger partial charge in [0.05, 0.1) is 51.1 Å². The van der Waals surface area contributed by atoms with Gasteiger partial charge in [-0.05, 0) is 48.7 Å². The Kier molecular flexibility index (Phi) is 6.93. The minimum absolute atomic E-state index is 0.130. The number of carbonyl (C=O) groups is 3. The smallest absolute Gasteiger partial charge is 0.337 e. The monoisotopic (exact) mass is 531 g/mol. The van der Waals surface area contributed by atoms with Crippen LogP contribution in [0.2, 0.25) is 0 Å². The summed E-state index contributed by atoms with van der Waals surface area (Å²) in [4.78, 5) is 48.5. The third-order valence-corrected chi connectivity index (χ3v) is 7.55. The number of para-hydroxylation sites is 1. The fraction of sp³-hybridized carbons (Fsp3) is 0.148. The molecule has 0 N–H and O–H groups in total. The highest BCUT2D eigenvalue weighted by molar-refractivity contribution is 7.16. The number of benzene rings is 2. The summed E-state index contributed by atoms with van der Waals surface area (Å²) in [5.41, 5.74) is 2.79. The SMILES string of the molecule is CCOC(=O)Cn1c(=NC(=O)c2cc(-c3cccs3)nc3ccccc23)sc2cc(C(=O)OC)ccc21. The van der Waals surface area contributed by atoms with Crippen molar-refractivity contribution in [2.45, 2.75) is 13.5 Å². The maximum atomic E-state index is 13.6. The van der Waals surface area contributed by atoms with Crippen LogP contribution >= 0.6 is 22.7 Å². The van der Waals surface area contributed by atoms with E-state index in [1.54, 1.807) is 35.8 Å². The largest absolute Gasteiger partial charge is 0.465 e. The van der Waals surface area contributed by atoms with E-state index in [-0.39, 0.29) is 13.2 Å². The molecule has 0 aliphatic carbocycles. The molecule has 5 rings (SSSR count). The lowest BCUT2D eigenvalue weighted by atomic mass is 10.1. The molecule has 37 heavy (non-hydrogen) atoms. The highest BCUT2D eigenvalue weighted by atomic mass is 32.1. The zero-order valence-corrected chi connectivity index (χ0v) is 21.6. The van der Waals surface area contributed by atoms with Crippen molar-refractivity contribution in [2.75, 3.05) is 13.7 Å². The first-order valence-electron chi connectivity index (χ1n) is 11.4. The number of aromatic nitrogens is 2. The lowest BCUT2D eigenvalue weighted by Gasteiger charge is -2.07. The van der Waals surface area contributed by atoms with Crippen LogP contribution in [-0.4, -0.2) is 41.1 Å². The molecule has 3 aromatic heterocycles. The number of carbonyl (C=O) groups excluding carboxylic acids is 3. The molecule has 1 amide bonds. The highest BCUT2D eigenvalue weighted by Crippen LogP contribution is 2.28. The molecule has 2 aromatic carbocycles. The number of thiazole rings is 1. The predicted molar refractivity (Wildman–Crippen MR) is 143 cm³/mol. The van der Waals surface area contributed by atoms with Gasteiger partial charge in [-0.2, -0.15) is 4.99 Å². The third-order valence-electron chi connectivity index (χ3n) is 5.61. The number of fused-ring (bicyclic) bond motifs is 2. The number of esters is 2. The van der Waals surface area contributed by atoms with E-state index in [0.29, 0.717) is 42.7 Å². The Morgan fingerprint density at radius 3 is 2.65 bits per heavy atom. The Morgan fingerprint density at radius 2 is 1.89 bits per heavy atom. The summed E-state index contributed by atoms with van der Waals surface area (Å²) in [6.07, 6.45) is 0. The van der Waals surface area contributed by atoms with E-state index in [2.05, 4.69) is 4.99 Å². The fourth-order valence-electron chi connectivity index (χ4n) is 3.94. The van der Waals surface area contributed by atoms with Gasteiger partial charge in [-0.15, -0.1) is 11.3 Å². The Balaban J connectivity index is 1.68. The molecule has 8 nitrogen and oxygen atoms in total. The maximum Gasteiger partial charge on any atom is 0.337 e. The van der Waals surface area contributed by atoms with Crippen molar-refractivity contribution in [1.29, 1.82) is 0 Å². The molecule has 0 saturated carbocycles. The fourth-order valence-corrected chi connectivity index (χ4v) is 5.70. The van der Waals surface area contributed by atoms with E-state index >= 15 is 0 Å². The molecule has 0 radical (unpaired) electrons. The molecule has 10 heteroatoms. The summed E-state index contributed by atoms with van der Waals surface area (Å²) in [6, 6.07) is 18.0. The number of amides is 1. The van der Waals surface area contributed by atoms with Gasteiger partial charge in [-0.1, -0.05) is 35.6 Å². The van der Waals surface area contributed by atoms with Crippen LogP contribution in [0.15, 0.2) is 71.0 Å². The van der Waals surface area contributed by atoms with Crippen molar-refractivity contribution < 1.29 is 23.9 Å². The predicted octanol–water partition coefficient (Wildman–Crippen LogP) is 5.07. The third kappa shape index (κ3) is 4.93. The molecular formula is C27H21N3O5S2. The summed E-state index contributed by atoms with van der Waals surface area (Å²) >= 11 is 2.74. The normalized spacial score (nSPS) is 11.7. The summed E-state index contributed by atoms with van der Waals surface area (Å²) < 4.78 is 12.3. The average Bonchev–Trinajstić information content (AvgIpc) is 3.56. The van der Waals surface area contributed by atoms with Gasteiger partial charge in [0.15, 0.2) is 4.80 Å². The number of hydrogen-bond donors (Lipinski definition) is 0. The van der Waals surface area contributed by atoms with Crippen LogP contribution in [0.1, 0.15) is 27.6 Å². The quantitative estimate of drug-likeness (QED) is 0.284. The van der Waals surface area contributed by atoms with Crippen LogP contribution < -0.4 is 4.80 Å². The molecule has 0 atom stereocenters. The molecule has 0 aliphatic heterocycles. The summed E-state index contributed by atoms with van der Waals surface area (Å²) in [6.45, 7) is 1.83. The number of ether oxygens (including phenoxy) is 2. The summed E-state index contributed by atoms with van der Waals surface area (Å²) in [5, 5.41) is 2.64. The summed E-state index contributed by atoms with van der Waals surface area (Å²) in [7, 11) is 1.31. The molecule has 0 bridgehead atoms. The number of hydrogen-bond acceptors (Lipinski definition) is 8. The molecule has 0 aliphatic rings. The van der Waals surface area contributed by atoms with E-state index in [4.69, 9.17) is 14.5 Å². The van der Waals surface area contributed by atoms with Crippen molar-refractivity contribution >= 4 is 61.6 Å². The molecule has 0 unspecified atom stereocenters. The minimum Gasteiger partial charge on any atom is -0.465 e.